The standard InChI is InChI=1S/C10H19NO2/c1-10(2)7-9(12)8-11(10)5-4-6-13-3/h4-8H2,1-3H3. The van der Waals surface area contributed by atoms with Crippen LogP contribution in [-0.4, -0.2) is 43.0 Å². The first-order valence-electron chi connectivity index (χ1n) is 4.82. The maximum atomic E-state index is 11.2. The lowest BCUT2D eigenvalue weighted by Gasteiger charge is -2.30. The molecule has 76 valence electrons. The number of hydrogen-bond donors (Lipinski definition) is 0. The van der Waals surface area contributed by atoms with Crippen LogP contribution < -0.4 is 0 Å². The first-order valence-corrected chi connectivity index (χ1v) is 4.82. The summed E-state index contributed by atoms with van der Waals surface area (Å²) in [5, 5.41) is 0. The maximum absolute atomic E-state index is 11.2. The molecule has 0 saturated carbocycles. The largest absolute Gasteiger partial charge is 0.385 e. The van der Waals surface area contributed by atoms with Gasteiger partial charge in [-0.05, 0) is 20.3 Å². The van der Waals surface area contributed by atoms with E-state index in [4.69, 9.17) is 4.74 Å². The smallest absolute Gasteiger partial charge is 0.148 e. The summed E-state index contributed by atoms with van der Waals surface area (Å²) >= 11 is 0. The Labute approximate surface area is 80.1 Å². The summed E-state index contributed by atoms with van der Waals surface area (Å²) in [5.74, 6) is 0.363. The van der Waals surface area contributed by atoms with Crippen molar-refractivity contribution in [3.05, 3.63) is 0 Å². The molecule has 1 aliphatic heterocycles. The van der Waals surface area contributed by atoms with Crippen LogP contribution in [0.15, 0.2) is 0 Å². The third-order valence-corrected chi connectivity index (χ3v) is 2.63. The molecular weight excluding hydrogens is 166 g/mol. The quantitative estimate of drug-likeness (QED) is 0.614. The lowest BCUT2D eigenvalue weighted by molar-refractivity contribution is -0.117. The first kappa shape index (κ1) is 10.7. The zero-order valence-electron chi connectivity index (χ0n) is 8.80. The number of carbonyl (C=O) groups excluding carboxylic acids is 1. The van der Waals surface area contributed by atoms with Gasteiger partial charge in [-0.1, -0.05) is 0 Å². The fourth-order valence-corrected chi connectivity index (χ4v) is 1.86. The van der Waals surface area contributed by atoms with Crippen molar-refractivity contribution in [2.24, 2.45) is 0 Å². The number of nitrogens with zero attached hydrogens (tertiary/aromatic N) is 1. The van der Waals surface area contributed by atoms with Crippen molar-refractivity contribution in [3.63, 3.8) is 0 Å². The van der Waals surface area contributed by atoms with Gasteiger partial charge in [-0.3, -0.25) is 9.69 Å². The van der Waals surface area contributed by atoms with E-state index in [1.807, 2.05) is 0 Å². The first-order chi connectivity index (χ1) is 6.06. The van der Waals surface area contributed by atoms with Crippen LogP contribution in [0.5, 0.6) is 0 Å². The van der Waals surface area contributed by atoms with Gasteiger partial charge in [0.25, 0.3) is 0 Å². The van der Waals surface area contributed by atoms with E-state index < -0.39 is 0 Å². The van der Waals surface area contributed by atoms with E-state index in [9.17, 15) is 4.79 Å². The predicted octanol–water partition coefficient (Wildman–Crippen LogP) is 1.08. The molecule has 0 aromatic heterocycles. The molecule has 0 atom stereocenters. The summed E-state index contributed by atoms with van der Waals surface area (Å²) in [7, 11) is 1.71. The molecule has 0 aromatic rings. The lowest BCUT2D eigenvalue weighted by Crippen LogP contribution is -2.39. The molecular formula is C10H19NO2. The van der Waals surface area contributed by atoms with Crippen LogP contribution in [0, 0.1) is 0 Å². The molecule has 1 aliphatic rings. The molecule has 0 N–H and O–H groups in total. The van der Waals surface area contributed by atoms with Gasteiger partial charge in [-0.2, -0.15) is 0 Å². The average Bonchev–Trinajstić information content (AvgIpc) is 2.25. The van der Waals surface area contributed by atoms with Crippen molar-refractivity contribution < 1.29 is 9.53 Å². The fraction of sp³-hybridized carbons (Fsp3) is 0.900. The second-order valence-electron chi connectivity index (χ2n) is 4.30. The number of methoxy groups -OCH3 is 1. The molecule has 1 rings (SSSR count). The van der Waals surface area contributed by atoms with Crippen molar-refractivity contribution in [1.82, 2.24) is 4.90 Å². The zero-order chi connectivity index (χ0) is 9.90. The monoisotopic (exact) mass is 185 g/mol. The van der Waals surface area contributed by atoms with Gasteiger partial charge in [0.05, 0.1) is 6.54 Å². The Kier molecular flexibility index (Phi) is 3.45. The summed E-state index contributed by atoms with van der Waals surface area (Å²) in [4.78, 5) is 13.5. The Hall–Kier alpha value is -0.410. The van der Waals surface area contributed by atoms with E-state index in [2.05, 4.69) is 18.7 Å². The molecule has 0 aliphatic carbocycles. The molecule has 0 aromatic carbocycles. The number of ketones is 1. The van der Waals surface area contributed by atoms with Gasteiger partial charge in [0.1, 0.15) is 5.78 Å². The maximum Gasteiger partial charge on any atom is 0.148 e. The molecule has 1 fully saturated rings. The molecule has 0 unspecified atom stereocenters. The highest BCUT2D eigenvalue weighted by Gasteiger charge is 2.36. The van der Waals surface area contributed by atoms with E-state index >= 15 is 0 Å². The van der Waals surface area contributed by atoms with Crippen molar-refractivity contribution in [2.45, 2.75) is 32.2 Å². The van der Waals surface area contributed by atoms with Gasteiger partial charge < -0.3 is 4.74 Å². The highest BCUT2D eigenvalue weighted by molar-refractivity contribution is 5.84. The molecule has 3 heteroatoms. The van der Waals surface area contributed by atoms with Crippen molar-refractivity contribution in [1.29, 1.82) is 0 Å². The van der Waals surface area contributed by atoms with E-state index in [0.29, 0.717) is 18.7 Å². The second kappa shape index (κ2) is 4.20. The Morgan fingerprint density at radius 1 is 1.54 bits per heavy atom. The Bertz CT molecular complexity index is 189. The Balaban J connectivity index is 2.36. The molecule has 1 heterocycles. The topological polar surface area (TPSA) is 29.5 Å². The van der Waals surface area contributed by atoms with Gasteiger partial charge in [0, 0.05) is 32.2 Å². The number of likely N-dealkylation sites (tertiary alicyclic amines) is 1. The minimum absolute atomic E-state index is 0.0603. The van der Waals surface area contributed by atoms with Crippen LogP contribution in [0.3, 0.4) is 0 Å². The van der Waals surface area contributed by atoms with Crippen LogP contribution in [0.25, 0.3) is 0 Å². The SMILES string of the molecule is COCCCN1CC(=O)CC1(C)C. The van der Waals surface area contributed by atoms with Crippen LogP contribution in [0.2, 0.25) is 0 Å². The summed E-state index contributed by atoms with van der Waals surface area (Å²) < 4.78 is 4.99. The number of carbonyl (C=O) groups is 1. The van der Waals surface area contributed by atoms with Gasteiger partial charge in [-0.15, -0.1) is 0 Å². The van der Waals surface area contributed by atoms with Crippen molar-refractivity contribution >= 4 is 5.78 Å². The Morgan fingerprint density at radius 2 is 2.23 bits per heavy atom. The molecule has 1 saturated heterocycles. The second-order valence-corrected chi connectivity index (χ2v) is 4.30. The van der Waals surface area contributed by atoms with Gasteiger partial charge in [-0.25, -0.2) is 0 Å². The van der Waals surface area contributed by atoms with Crippen molar-refractivity contribution in [3.8, 4) is 0 Å². The normalized spacial score (nSPS) is 22.5. The van der Waals surface area contributed by atoms with E-state index in [1.54, 1.807) is 7.11 Å². The molecule has 0 spiro atoms. The van der Waals surface area contributed by atoms with E-state index in [0.717, 1.165) is 19.6 Å². The van der Waals surface area contributed by atoms with Gasteiger partial charge in [0.15, 0.2) is 0 Å². The van der Waals surface area contributed by atoms with Gasteiger partial charge in [0.2, 0.25) is 0 Å². The number of ether oxygens (including phenoxy) is 1. The van der Waals surface area contributed by atoms with Crippen LogP contribution in [0.1, 0.15) is 26.7 Å². The van der Waals surface area contributed by atoms with Gasteiger partial charge >= 0.3 is 0 Å². The number of Topliss-reactive ketones (excluding diaryl/α,β-unsaturated/α-hetero) is 1. The predicted molar refractivity (Wildman–Crippen MR) is 51.8 cm³/mol. The summed E-state index contributed by atoms with van der Waals surface area (Å²) in [6, 6.07) is 0. The van der Waals surface area contributed by atoms with E-state index in [1.165, 1.54) is 0 Å². The van der Waals surface area contributed by atoms with Crippen molar-refractivity contribution in [2.75, 3.05) is 26.8 Å². The molecule has 0 amide bonds. The number of hydrogen-bond acceptors (Lipinski definition) is 3. The molecule has 0 radical (unpaired) electrons. The Morgan fingerprint density at radius 3 is 2.69 bits per heavy atom. The highest BCUT2D eigenvalue weighted by Crippen LogP contribution is 2.25. The van der Waals surface area contributed by atoms with E-state index in [-0.39, 0.29) is 5.54 Å². The summed E-state index contributed by atoms with van der Waals surface area (Å²) in [6.45, 7) is 6.62. The third-order valence-electron chi connectivity index (χ3n) is 2.63. The minimum atomic E-state index is 0.0603. The third kappa shape index (κ3) is 2.78. The average molecular weight is 185 g/mol. The summed E-state index contributed by atoms with van der Waals surface area (Å²) in [5.41, 5.74) is 0.0603. The zero-order valence-corrected chi connectivity index (χ0v) is 8.80. The van der Waals surface area contributed by atoms with Crippen LogP contribution >= 0.6 is 0 Å². The lowest BCUT2D eigenvalue weighted by atomic mass is 10.0. The molecule has 0 bridgehead atoms. The minimum Gasteiger partial charge on any atom is -0.385 e. The van der Waals surface area contributed by atoms with Crippen LogP contribution in [0.4, 0.5) is 0 Å². The number of rotatable bonds is 4. The highest BCUT2D eigenvalue weighted by atomic mass is 16.5. The summed E-state index contributed by atoms with van der Waals surface area (Å²) in [6.07, 6.45) is 1.70. The molecule has 13 heavy (non-hydrogen) atoms. The molecule has 3 nitrogen and oxygen atoms in total. The van der Waals surface area contributed by atoms with Crippen LogP contribution in [-0.2, 0) is 9.53 Å². The fourth-order valence-electron chi connectivity index (χ4n) is 1.86.